The molecule has 2 aromatic rings. The van der Waals surface area contributed by atoms with E-state index in [4.69, 9.17) is 0 Å². The van der Waals surface area contributed by atoms with Crippen molar-refractivity contribution in [3.8, 4) is 0 Å². The Morgan fingerprint density at radius 1 is 1.20 bits per heavy atom. The third-order valence-electron chi connectivity index (χ3n) is 5.82. The van der Waals surface area contributed by atoms with Gasteiger partial charge in [0.1, 0.15) is 4.90 Å². The maximum absolute atomic E-state index is 13.1. The molecule has 3 heterocycles. The minimum Gasteiger partial charge on any atom is -0.350 e. The summed E-state index contributed by atoms with van der Waals surface area (Å²) in [4.78, 5) is 12.4. The molecule has 2 aromatic heterocycles. The van der Waals surface area contributed by atoms with E-state index < -0.39 is 10.0 Å². The molecule has 1 unspecified atom stereocenters. The Morgan fingerprint density at radius 3 is 2.77 bits per heavy atom. The van der Waals surface area contributed by atoms with Crippen LogP contribution in [0.5, 0.6) is 0 Å². The molecular formula is C19H29N7O3S. The van der Waals surface area contributed by atoms with Crippen molar-refractivity contribution in [2.45, 2.75) is 69.5 Å². The van der Waals surface area contributed by atoms with Crippen LogP contribution in [-0.4, -0.2) is 62.5 Å². The third kappa shape index (κ3) is 4.72. The first-order valence-corrected chi connectivity index (χ1v) is 12.1. The number of carbonyl (C=O) groups is 1. The fourth-order valence-electron chi connectivity index (χ4n) is 3.81. The predicted molar refractivity (Wildman–Crippen MR) is 109 cm³/mol. The van der Waals surface area contributed by atoms with Gasteiger partial charge in [-0.15, -0.1) is 5.10 Å². The van der Waals surface area contributed by atoms with Gasteiger partial charge in [0.25, 0.3) is 5.91 Å². The number of nitrogens with zero attached hydrogens (tertiary/aromatic N) is 6. The van der Waals surface area contributed by atoms with E-state index in [2.05, 4.69) is 20.7 Å². The Morgan fingerprint density at radius 2 is 2.03 bits per heavy atom. The van der Waals surface area contributed by atoms with Crippen molar-refractivity contribution in [1.29, 1.82) is 0 Å². The minimum atomic E-state index is -3.58. The number of piperidine rings is 1. The maximum atomic E-state index is 13.1. The van der Waals surface area contributed by atoms with E-state index in [1.54, 1.807) is 26.1 Å². The number of carbonyl (C=O) groups excluding carboxylic acids is 1. The monoisotopic (exact) mass is 435 g/mol. The van der Waals surface area contributed by atoms with Gasteiger partial charge in [0, 0.05) is 38.4 Å². The topological polar surface area (TPSA) is 115 Å². The summed E-state index contributed by atoms with van der Waals surface area (Å²) in [5.74, 6) is 0.399. The van der Waals surface area contributed by atoms with Crippen LogP contribution in [0.4, 0.5) is 0 Å². The first-order chi connectivity index (χ1) is 14.5. The third-order valence-corrected chi connectivity index (χ3v) is 7.73. The van der Waals surface area contributed by atoms with Crippen molar-refractivity contribution in [3.63, 3.8) is 0 Å². The van der Waals surface area contributed by atoms with E-state index in [1.807, 2.05) is 6.92 Å². The molecule has 1 saturated heterocycles. The maximum Gasteiger partial charge on any atom is 0.273 e. The van der Waals surface area contributed by atoms with Crippen molar-refractivity contribution < 1.29 is 13.2 Å². The number of aryl methyl sites for hydroxylation is 2. The van der Waals surface area contributed by atoms with E-state index in [-0.39, 0.29) is 16.8 Å². The standard InChI is InChI=1S/C19H29N7O3S/c1-2-24-13-17(12-21-24)30(28,29)26-9-4-3-5-16(26)8-10-25-14-18(22-23-25)19(27)20-11-15-6-7-15/h12-16H,2-11H2,1H3,(H,20,27). The average molecular weight is 436 g/mol. The molecule has 1 N–H and O–H groups in total. The molecule has 0 aromatic carbocycles. The summed E-state index contributed by atoms with van der Waals surface area (Å²) in [5.41, 5.74) is 0.302. The molecule has 11 heteroatoms. The van der Waals surface area contributed by atoms with Crippen LogP contribution in [0.2, 0.25) is 0 Å². The van der Waals surface area contributed by atoms with Crippen LogP contribution in [-0.2, 0) is 23.1 Å². The van der Waals surface area contributed by atoms with Gasteiger partial charge in [-0.25, -0.2) is 8.42 Å². The lowest BCUT2D eigenvalue weighted by Crippen LogP contribution is -2.44. The highest BCUT2D eigenvalue weighted by molar-refractivity contribution is 7.89. The van der Waals surface area contributed by atoms with Crippen molar-refractivity contribution in [1.82, 2.24) is 34.4 Å². The molecule has 1 amide bonds. The number of nitrogens with one attached hydrogen (secondary N) is 1. The molecule has 2 fully saturated rings. The summed E-state index contributed by atoms with van der Waals surface area (Å²) >= 11 is 0. The van der Waals surface area contributed by atoms with Crippen molar-refractivity contribution in [2.24, 2.45) is 5.92 Å². The van der Waals surface area contributed by atoms with Crippen LogP contribution >= 0.6 is 0 Å². The molecular weight excluding hydrogens is 406 g/mol. The van der Waals surface area contributed by atoms with Gasteiger partial charge in [-0.1, -0.05) is 11.6 Å². The van der Waals surface area contributed by atoms with Crippen molar-refractivity contribution >= 4 is 15.9 Å². The van der Waals surface area contributed by atoms with E-state index in [9.17, 15) is 13.2 Å². The Labute approximate surface area is 176 Å². The SMILES string of the molecule is CCn1cc(S(=O)(=O)N2CCCCC2CCn2cc(C(=O)NCC3CC3)nn2)cn1. The van der Waals surface area contributed by atoms with Crippen molar-refractivity contribution in [3.05, 3.63) is 24.3 Å². The summed E-state index contributed by atoms with van der Waals surface area (Å²) in [6, 6.07) is -0.106. The largest absolute Gasteiger partial charge is 0.350 e. The molecule has 1 atom stereocenters. The Hall–Kier alpha value is -2.27. The smallest absolute Gasteiger partial charge is 0.273 e. The summed E-state index contributed by atoms with van der Waals surface area (Å²) in [7, 11) is -3.58. The molecule has 0 spiro atoms. The lowest BCUT2D eigenvalue weighted by molar-refractivity contribution is 0.0946. The molecule has 1 saturated carbocycles. The normalized spacial score (nSPS) is 20.4. The van der Waals surface area contributed by atoms with Crippen LogP contribution in [0.3, 0.4) is 0 Å². The van der Waals surface area contributed by atoms with Gasteiger partial charge in [-0.3, -0.25) is 14.2 Å². The van der Waals surface area contributed by atoms with Crippen LogP contribution < -0.4 is 5.32 Å². The molecule has 164 valence electrons. The van der Waals surface area contributed by atoms with Gasteiger partial charge in [0.2, 0.25) is 10.0 Å². The van der Waals surface area contributed by atoms with Gasteiger partial charge in [0.05, 0.1) is 12.4 Å². The number of hydrogen-bond acceptors (Lipinski definition) is 6. The Bertz CT molecular complexity index is 980. The minimum absolute atomic E-state index is 0.106. The second-order valence-corrected chi connectivity index (χ2v) is 10.00. The van der Waals surface area contributed by atoms with E-state index >= 15 is 0 Å². The first kappa shape index (κ1) is 21.0. The average Bonchev–Trinajstić information content (AvgIpc) is 3.25. The number of sulfonamides is 1. The van der Waals surface area contributed by atoms with Crippen LogP contribution in [0.1, 0.15) is 55.9 Å². The zero-order valence-electron chi connectivity index (χ0n) is 17.3. The molecule has 0 radical (unpaired) electrons. The number of aromatic nitrogens is 5. The summed E-state index contributed by atoms with van der Waals surface area (Å²) in [6.07, 6.45) is 10.3. The van der Waals surface area contributed by atoms with Gasteiger partial charge < -0.3 is 5.32 Å². The van der Waals surface area contributed by atoms with Gasteiger partial charge in [-0.05, 0) is 44.9 Å². The molecule has 1 aliphatic carbocycles. The highest BCUT2D eigenvalue weighted by atomic mass is 32.2. The second kappa shape index (κ2) is 8.84. The fourth-order valence-corrected chi connectivity index (χ4v) is 5.49. The highest BCUT2D eigenvalue weighted by Crippen LogP contribution is 2.28. The summed E-state index contributed by atoms with van der Waals surface area (Å²) in [6.45, 7) is 4.26. The van der Waals surface area contributed by atoms with E-state index in [0.717, 1.165) is 19.3 Å². The van der Waals surface area contributed by atoms with Gasteiger partial charge in [0.15, 0.2) is 5.69 Å². The summed E-state index contributed by atoms with van der Waals surface area (Å²) < 4.78 is 31.1. The predicted octanol–water partition coefficient (Wildman–Crippen LogP) is 1.27. The van der Waals surface area contributed by atoms with E-state index in [1.165, 1.54) is 19.0 Å². The van der Waals surface area contributed by atoms with Gasteiger partial charge in [-0.2, -0.15) is 9.40 Å². The zero-order chi connectivity index (χ0) is 21.1. The van der Waals surface area contributed by atoms with Crippen LogP contribution in [0, 0.1) is 5.92 Å². The van der Waals surface area contributed by atoms with Crippen LogP contribution in [0.25, 0.3) is 0 Å². The fraction of sp³-hybridized carbons (Fsp3) is 0.684. The van der Waals surface area contributed by atoms with Crippen LogP contribution in [0.15, 0.2) is 23.5 Å². The first-order valence-electron chi connectivity index (χ1n) is 10.7. The van der Waals surface area contributed by atoms with Gasteiger partial charge >= 0.3 is 0 Å². The Balaban J connectivity index is 1.38. The lowest BCUT2D eigenvalue weighted by atomic mass is 10.0. The van der Waals surface area contributed by atoms with Crippen molar-refractivity contribution in [2.75, 3.05) is 13.1 Å². The number of hydrogen-bond donors (Lipinski definition) is 1. The molecule has 1 aliphatic heterocycles. The van der Waals surface area contributed by atoms with E-state index in [0.29, 0.717) is 44.2 Å². The zero-order valence-corrected chi connectivity index (χ0v) is 18.1. The number of rotatable bonds is 9. The quantitative estimate of drug-likeness (QED) is 0.634. The molecule has 4 rings (SSSR count). The molecule has 10 nitrogen and oxygen atoms in total. The molecule has 2 aliphatic rings. The second-order valence-electron chi connectivity index (χ2n) is 8.11. The number of amides is 1. The summed E-state index contributed by atoms with van der Waals surface area (Å²) in [5, 5.41) is 15.0. The Kier molecular flexibility index (Phi) is 6.19. The lowest BCUT2D eigenvalue weighted by Gasteiger charge is -2.34. The molecule has 0 bridgehead atoms. The molecule has 30 heavy (non-hydrogen) atoms. The highest BCUT2D eigenvalue weighted by Gasteiger charge is 2.34.